The Morgan fingerprint density at radius 3 is 2.25 bits per heavy atom. The van der Waals surface area contributed by atoms with E-state index in [0.29, 0.717) is 19.1 Å². The quantitative estimate of drug-likeness (QED) is 0.632. The van der Waals surface area contributed by atoms with E-state index in [0.717, 1.165) is 0 Å². The van der Waals surface area contributed by atoms with E-state index >= 15 is 0 Å². The normalized spacial score (nSPS) is 29.8. The highest BCUT2D eigenvalue weighted by Crippen LogP contribution is 2.39. The highest BCUT2D eigenvalue weighted by atomic mass is 16.9. The zero-order valence-electron chi connectivity index (χ0n) is 7.54. The molecule has 0 bridgehead atoms. The number of ether oxygens (including phenoxy) is 3. The Bertz CT molecular complexity index is 146. The van der Waals surface area contributed by atoms with Gasteiger partial charge in [0.15, 0.2) is 0 Å². The molecule has 0 amide bonds. The summed E-state index contributed by atoms with van der Waals surface area (Å²) in [6.07, 6.45) is 4.91. The van der Waals surface area contributed by atoms with Gasteiger partial charge in [-0.25, -0.2) is 0 Å². The number of hydrogen-bond acceptors (Lipinski definition) is 3. The summed E-state index contributed by atoms with van der Waals surface area (Å²) in [4.78, 5) is 0. The van der Waals surface area contributed by atoms with E-state index in [-0.39, 0.29) is 0 Å². The average molecular weight is 172 g/mol. The number of rotatable bonds is 2. The van der Waals surface area contributed by atoms with Crippen LogP contribution in [0.15, 0.2) is 0 Å². The largest absolute Gasteiger partial charge is 0.331 e. The highest BCUT2D eigenvalue weighted by Gasteiger charge is 2.46. The molecule has 3 heteroatoms. The van der Waals surface area contributed by atoms with E-state index < -0.39 is 5.97 Å². The van der Waals surface area contributed by atoms with Gasteiger partial charge in [-0.2, -0.15) is 0 Å². The lowest BCUT2D eigenvalue weighted by Crippen LogP contribution is -2.39. The van der Waals surface area contributed by atoms with Crippen molar-refractivity contribution < 1.29 is 14.2 Å². The summed E-state index contributed by atoms with van der Waals surface area (Å²) < 4.78 is 16.4. The van der Waals surface area contributed by atoms with Crippen LogP contribution in [0, 0.1) is 5.92 Å². The van der Waals surface area contributed by atoms with Crippen LogP contribution in [-0.4, -0.2) is 26.3 Å². The second-order valence-electron chi connectivity index (χ2n) is 3.49. The zero-order valence-corrected chi connectivity index (χ0v) is 7.54. The predicted molar refractivity (Wildman–Crippen MR) is 43.6 cm³/mol. The molecule has 2 aliphatic rings. The summed E-state index contributed by atoms with van der Waals surface area (Å²) in [6.45, 7) is 1.34. The van der Waals surface area contributed by atoms with Gasteiger partial charge in [-0.1, -0.05) is 12.8 Å². The summed E-state index contributed by atoms with van der Waals surface area (Å²) in [7, 11) is 1.67. The second kappa shape index (κ2) is 3.32. The van der Waals surface area contributed by atoms with Crippen molar-refractivity contribution in [3.05, 3.63) is 0 Å². The van der Waals surface area contributed by atoms with Gasteiger partial charge >= 0.3 is 0 Å². The van der Waals surface area contributed by atoms with Crippen molar-refractivity contribution in [2.45, 2.75) is 31.7 Å². The third-order valence-corrected chi connectivity index (χ3v) is 2.83. The molecule has 1 saturated heterocycles. The molecular formula is C9H16O3. The minimum absolute atomic E-state index is 0.449. The van der Waals surface area contributed by atoms with Crippen LogP contribution in [0.1, 0.15) is 25.7 Å². The van der Waals surface area contributed by atoms with Crippen molar-refractivity contribution in [1.29, 1.82) is 0 Å². The van der Waals surface area contributed by atoms with Gasteiger partial charge in [-0.05, 0) is 12.8 Å². The summed E-state index contributed by atoms with van der Waals surface area (Å²) in [5, 5.41) is 0. The monoisotopic (exact) mass is 172 g/mol. The maximum atomic E-state index is 5.53. The molecule has 0 spiro atoms. The fourth-order valence-electron chi connectivity index (χ4n) is 2.21. The predicted octanol–water partition coefficient (Wildman–Crippen LogP) is 1.52. The van der Waals surface area contributed by atoms with Crippen LogP contribution in [0.2, 0.25) is 0 Å². The van der Waals surface area contributed by atoms with Crippen molar-refractivity contribution >= 4 is 0 Å². The van der Waals surface area contributed by atoms with Gasteiger partial charge in [0.1, 0.15) is 0 Å². The van der Waals surface area contributed by atoms with Crippen LogP contribution < -0.4 is 0 Å². The first-order valence-electron chi connectivity index (χ1n) is 4.70. The molecule has 0 aromatic rings. The molecule has 70 valence electrons. The average Bonchev–Trinajstić information content (AvgIpc) is 2.76. The Hall–Kier alpha value is -0.120. The van der Waals surface area contributed by atoms with Crippen LogP contribution in [0.5, 0.6) is 0 Å². The molecule has 0 unspecified atom stereocenters. The molecule has 1 saturated carbocycles. The molecule has 0 aromatic carbocycles. The van der Waals surface area contributed by atoms with E-state index in [4.69, 9.17) is 14.2 Å². The Labute approximate surface area is 73.0 Å². The molecular weight excluding hydrogens is 156 g/mol. The fraction of sp³-hybridized carbons (Fsp3) is 1.00. The number of hydrogen-bond donors (Lipinski definition) is 0. The first-order valence-corrected chi connectivity index (χ1v) is 4.70. The van der Waals surface area contributed by atoms with E-state index in [1.165, 1.54) is 25.7 Å². The topological polar surface area (TPSA) is 27.7 Å². The van der Waals surface area contributed by atoms with E-state index in [1.54, 1.807) is 7.11 Å². The van der Waals surface area contributed by atoms with Crippen molar-refractivity contribution in [3.63, 3.8) is 0 Å². The molecule has 12 heavy (non-hydrogen) atoms. The fourth-order valence-corrected chi connectivity index (χ4v) is 2.21. The lowest BCUT2D eigenvalue weighted by atomic mass is 10.1. The smallest absolute Gasteiger partial charge is 0.285 e. The molecule has 0 N–H and O–H groups in total. The van der Waals surface area contributed by atoms with Crippen molar-refractivity contribution in [2.24, 2.45) is 5.92 Å². The lowest BCUT2D eigenvalue weighted by molar-refractivity contribution is -0.347. The Morgan fingerprint density at radius 1 is 1.17 bits per heavy atom. The van der Waals surface area contributed by atoms with E-state index in [1.807, 2.05) is 0 Å². The van der Waals surface area contributed by atoms with E-state index in [9.17, 15) is 0 Å². The van der Waals surface area contributed by atoms with Gasteiger partial charge in [-0.3, -0.25) is 0 Å². The molecule has 3 nitrogen and oxygen atoms in total. The van der Waals surface area contributed by atoms with Crippen molar-refractivity contribution in [1.82, 2.24) is 0 Å². The molecule has 1 aliphatic carbocycles. The van der Waals surface area contributed by atoms with Gasteiger partial charge in [0.2, 0.25) is 0 Å². The van der Waals surface area contributed by atoms with Gasteiger partial charge in [0.25, 0.3) is 5.97 Å². The molecule has 0 radical (unpaired) electrons. The van der Waals surface area contributed by atoms with E-state index in [2.05, 4.69) is 0 Å². The first-order chi connectivity index (χ1) is 5.87. The van der Waals surface area contributed by atoms with Crippen LogP contribution in [-0.2, 0) is 14.2 Å². The third kappa shape index (κ3) is 1.26. The molecule has 2 fully saturated rings. The highest BCUT2D eigenvalue weighted by molar-refractivity contribution is 4.78. The first kappa shape index (κ1) is 8.48. The van der Waals surface area contributed by atoms with Crippen LogP contribution in [0.25, 0.3) is 0 Å². The maximum Gasteiger partial charge on any atom is 0.285 e. The van der Waals surface area contributed by atoms with Gasteiger partial charge in [-0.15, -0.1) is 0 Å². The number of methoxy groups -OCH3 is 1. The van der Waals surface area contributed by atoms with Crippen molar-refractivity contribution in [2.75, 3.05) is 20.3 Å². The standard InChI is InChI=1S/C9H16O3/c1-10-9(11-6-7-12-9)8-4-2-3-5-8/h8H,2-7H2,1H3. The van der Waals surface area contributed by atoms with Crippen molar-refractivity contribution in [3.8, 4) is 0 Å². The maximum absolute atomic E-state index is 5.53. The second-order valence-corrected chi connectivity index (χ2v) is 3.49. The summed E-state index contributed by atoms with van der Waals surface area (Å²) >= 11 is 0. The Morgan fingerprint density at radius 2 is 1.75 bits per heavy atom. The SMILES string of the molecule is COC1(C2CCCC2)OCCO1. The minimum Gasteiger partial charge on any atom is -0.331 e. The summed E-state index contributed by atoms with van der Waals surface area (Å²) in [6, 6.07) is 0. The third-order valence-electron chi connectivity index (χ3n) is 2.83. The Kier molecular flexibility index (Phi) is 2.35. The zero-order chi connectivity index (χ0) is 8.44. The van der Waals surface area contributed by atoms with Gasteiger partial charge < -0.3 is 14.2 Å². The van der Waals surface area contributed by atoms with Gasteiger partial charge in [0.05, 0.1) is 13.2 Å². The van der Waals surface area contributed by atoms with Crippen LogP contribution in [0.4, 0.5) is 0 Å². The lowest BCUT2D eigenvalue weighted by Gasteiger charge is -2.30. The summed E-state index contributed by atoms with van der Waals surface area (Å²) in [5.41, 5.74) is 0. The van der Waals surface area contributed by atoms with Crippen LogP contribution >= 0.6 is 0 Å². The molecule has 1 aliphatic heterocycles. The summed E-state index contributed by atoms with van der Waals surface area (Å²) in [5.74, 6) is -0.235. The molecule has 0 atom stereocenters. The Balaban J connectivity index is 2.04. The molecule has 0 aromatic heterocycles. The molecule has 1 heterocycles. The van der Waals surface area contributed by atoms with Gasteiger partial charge in [0, 0.05) is 13.0 Å². The van der Waals surface area contributed by atoms with Crippen LogP contribution in [0.3, 0.4) is 0 Å². The minimum atomic E-state index is -0.684. The molecule has 2 rings (SSSR count).